The summed E-state index contributed by atoms with van der Waals surface area (Å²) in [5.41, 5.74) is 1.18. The summed E-state index contributed by atoms with van der Waals surface area (Å²) in [7, 11) is 0. The first-order chi connectivity index (χ1) is 9.79. The van der Waals surface area contributed by atoms with Gasteiger partial charge < -0.3 is 10.1 Å². The zero-order valence-electron chi connectivity index (χ0n) is 12.1. The van der Waals surface area contributed by atoms with Crippen LogP contribution in [0.25, 0.3) is 0 Å². The van der Waals surface area contributed by atoms with E-state index in [-0.39, 0.29) is 6.04 Å². The Morgan fingerprint density at radius 2 is 2.00 bits per heavy atom. The average molecular weight is 273 g/mol. The molecule has 4 heteroatoms. The summed E-state index contributed by atoms with van der Waals surface area (Å²) in [6, 6.07) is 12.9. The van der Waals surface area contributed by atoms with Crippen LogP contribution in [0.4, 0.5) is 0 Å². The van der Waals surface area contributed by atoms with E-state index >= 15 is 0 Å². The third-order valence-electron chi connectivity index (χ3n) is 3.62. The predicted octanol–water partition coefficient (Wildman–Crippen LogP) is 1.95. The number of ether oxygens (including phenoxy) is 1. The van der Waals surface area contributed by atoms with E-state index in [1.807, 2.05) is 18.2 Å². The summed E-state index contributed by atoms with van der Waals surface area (Å²) in [6.45, 7) is 6.83. The molecular weight excluding hydrogens is 250 g/mol. The Morgan fingerprint density at radius 1 is 1.30 bits per heavy atom. The third-order valence-corrected chi connectivity index (χ3v) is 3.62. The van der Waals surface area contributed by atoms with Crippen molar-refractivity contribution in [3.63, 3.8) is 0 Å². The fraction of sp³-hybridized carbons (Fsp3) is 0.562. The quantitative estimate of drug-likeness (QED) is 0.860. The van der Waals surface area contributed by atoms with Crippen LogP contribution in [0.1, 0.15) is 24.9 Å². The van der Waals surface area contributed by atoms with Gasteiger partial charge in [0.25, 0.3) is 0 Å². The molecule has 1 aromatic rings. The van der Waals surface area contributed by atoms with Crippen LogP contribution in [0.3, 0.4) is 0 Å². The molecule has 0 spiro atoms. The second-order valence-electron chi connectivity index (χ2n) is 5.31. The standard InChI is InChI=1S/C16H23N3O/c1-14(13-19-9-11-20-12-10-19)18-16(7-8-17)15-5-3-2-4-6-15/h2-6,14,16,18H,7,9-13H2,1H3. The van der Waals surface area contributed by atoms with E-state index in [0.29, 0.717) is 12.5 Å². The molecule has 0 radical (unpaired) electrons. The number of rotatable bonds is 6. The highest BCUT2D eigenvalue weighted by Gasteiger charge is 2.17. The lowest BCUT2D eigenvalue weighted by Gasteiger charge is -2.31. The molecule has 0 aliphatic carbocycles. The van der Waals surface area contributed by atoms with Crippen molar-refractivity contribution in [1.29, 1.82) is 5.26 Å². The molecule has 20 heavy (non-hydrogen) atoms. The first kappa shape index (κ1) is 15.0. The Hall–Kier alpha value is -1.41. The number of benzene rings is 1. The van der Waals surface area contributed by atoms with Gasteiger partial charge in [-0.25, -0.2) is 0 Å². The monoisotopic (exact) mass is 273 g/mol. The third kappa shape index (κ3) is 4.61. The van der Waals surface area contributed by atoms with Gasteiger partial charge in [0.1, 0.15) is 0 Å². The number of nitriles is 1. The number of hydrogen-bond donors (Lipinski definition) is 1. The summed E-state index contributed by atoms with van der Waals surface area (Å²) < 4.78 is 5.37. The van der Waals surface area contributed by atoms with Crippen molar-refractivity contribution in [2.45, 2.75) is 25.4 Å². The van der Waals surface area contributed by atoms with Gasteiger partial charge in [0.2, 0.25) is 0 Å². The van der Waals surface area contributed by atoms with Gasteiger partial charge in [-0.1, -0.05) is 30.3 Å². The van der Waals surface area contributed by atoms with E-state index in [1.165, 1.54) is 5.56 Å². The van der Waals surface area contributed by atoms with E-state index in [9.17, 15) is 0 Å². The molecule has 2 atom stereocenters. The minimum atomic E-state index is 0.109. The minimum absolute atomic E-state index is 0.109. The Labute approximate surface area is 121 Å². The molecule has 1 aliphatic rings. The van der Waals surface area contributed by atoms with E-state index < -0.39 is 0 Å². The molecule has 1 heterocycles. The molecule has 1 N–H and O–H groups in total. The zero-order chi connectivity index (χ0) is 14.2. The molecule has 0 bridgehead atoms. The lowest BCUT2D eigenvalue weighted by Crippen LogP contribution is -2.45. The Balaban J connectivity index is 1.89. The van der Waals surface area contributed by atoms with Crippen LogP contribution < -0.4 is 5.32 Å². The normalized spacial score (nSPS) is 19.2. The zero-order valence-corrected chi connectivity index (χ0v) is 12.1. The highest BCUT2D eigenvalue weighted by molar-refractivity contribution is 5.20. The molecule has 1 saturated heterocycles. The van der Waals surface area contributed by atoms with Crippen molar-refractivity contribution >= 4 is 0 Å². The summed E-state index contributed by atoms with van der Waals surface area (Å²) in [5.74, 6) is 0. The maximum Gasteiger partial charge on any atom is 0.0641 e. The molecule has 0 aromatic heterocycles. The van der Waals surface area contributed by atoms with Gasteiger partial charge in [0.05, 0.1) is 25.7 Å². The summed E-state index contributed by atoms with van der Waals surface area (Å²) in [6.07, 6.45) is 0.497. The van der Waals surface area contributed by atoms with Crippen LogP contribution in [-0.4, -0.2) is 43.8 Å². The number of nitrogens with one attached hydrogen (secondary N) is 1. The van der Waals surface area contributed by atoms with E-state index in [2.05, 4.69) is 35.3 Å². The van der Waals surface area contributed by atoms with E-state index in [0.717, 1.165) is 32.8 Å². The van der Waals surface area contributed by atoms with Crippen molar-refractivity contribution in [2.75, 3.05) is 32.8 Å². The van der Waals surface area contributed by atoms with Crippen LogP contribution in [0.2, 0.25) is 0 Å². The summed E-state index contributed by atoms with van der Waals surface area (Å²) in [5, 5.41) is 12.6. The molecule has 0 saturated carbocycles. The second-order valence-corrected chi connectivity index (χ2v) is 5.31. The van der Waals surface area contributed by atoms with E-state index in [1.54, 1.807) is 0 Å². The molecular formula is C16H23N3O. The molecule has 0 amide bonds. The average Bonchev–Trinajstić information content (AvgIpc) is 2.49. The Kier molecular flexibility index (Phi) is 6.00. The smallest absolute Gasteiger partial charge is 0.0641 e. The fourth-order valence-corrected chi connectivity index (χ4v) is 2.62. The van der Waals surface area contributed by atoms with Gasteiger partial charge in [-0.05, 0) is 12.5 Å². The molecule has 108 valence electrons. The molecule has 2 unspecified atom stereocenters. The molecule has 1 aliphatic heterocycles. The summed E-state index contributed by atoms with van der Waals surface area (Å²) in [4.78, 5) is 2.41. The SMILES string of the molecule is CC(CN1CCOCC1)NC(CC#N)c1ccccc1. The van der Waals surface area contributed by atoms with Gasteiger partial charge in [0, 0.05) is 31.7 Å². The number of nitrogens with zero attached hydrogens (tertiary/aromatic N) is 2. The van der Waals surface area contributed by atoms with E-state index in [4.69, 9.17) is 10.00 Å². The highest BCUT2D eigenvalue weighted by Crippen LogP contribution is 2.16. The maximum atomic E-state index is 9.02. The lowest BCUT2D eigenvalue weighted by molar-refractivity contribution is 0.0338. The van der Waals surface area contributed by atoms with Crippen molar-refractivity contribution in [3.05, 3.63) is 35.9 Å². The van der Waals surface area contributed by atoms with Gasteiger partial charge in [-0.2, -0.15) is 5.26 Å². The number of morpholine rings is 1. The van der Waals surface area contributed by atoms with Crippen molar-refractivity contribution in [3.8, 4) is 6.07 Å². The van der Waals surface area contributed by atoms with Crippen molar-refractivity contribution < 1.29 is 4.74 Å². The molecule has 1 aromatic carbocycles. The largest absolute Gasteiger partial charge is 0.379 e. The molecule has 1 fully saturated rings. The van der Waals surface area contributed by atoms with Crippen molar-refractivity contribution in [1.82, 2.24) is 10.2 Å². The first-order valence-electron chi connectivity index (χ1n) is 7.27. The van der Waals surface area contributed by atoms with Gasteiger partial charge in [-0.15, -0.1) is 0 Å². The Bertz CT molecular complexity index is 423. The van der Waals surface area contributed by atoms with Crippen LogP contribution >= 0.6 is 0 Å². The predicted molar refractivity (Wildman–Crippen MR) is 79.3 cm³/mol. The van der Waals surface area contributed by atoms with Crippen LogP contribution in [-0.2, 0) is 4.74 Å². The van der Waals surface area contributed by atoms with Gasteiger partial charge in [-0.3, -0.25) is 4.90 Å². The van der Waals surface area contributed by atoms with Crippen LogP contribution in [0.5, 0.6) is 0 Å². The first-order valence-corrected chi connectivity index (χ1v) is 7.27. The van der Waals surface area contributed by atoms with Crippen LogP contribution in [0, 0.1) is 11.3 Å². The van der Waals surface area contributed by atoms with Gasteiger partial charge in [0.15, 0.2) is 0 Å². The fourth-order valence-electron chi connectivity index (χ4n) is 2.62. The lowest BCUT2D eigenvalue weighted by atomic mass is 10.0. The minimum Gasteiger partial charge on any atom is -0.379 e. The molecule has 2 rings (SSSR count). The van der Waals surface area contributed by atoms with Crippen molar-refractivity contribution in [2.24, 2.45) is 0 Å². The number of hydrogen-bond acceptors (Lipinski definition) is 4. The molecule has 4 nitrogen and oxygen atoms in total. The highest BCUT2D eigenvalue weighted by atomic mass is 16.5. The van der Waals surface area contributed by atoms with Crippen LogP contribution in [0.15, 0.2) is 30.3 Å². The second kappa shape index (κ2) is 8.01. The summed E-state index contributed by atoms with van der Waals surface area (Å²) >= 11 is 0. The Morgan fingerprint density at radius 3 is 2.65 bits per heavy atom. The topological polar surface area (TPSA) is 48.3 Å². The maximum absolute atomic E-state index is 9.02. The van der Waals surface area contributed by atoms with Gasteiger partial charge >= 0.3 is 0 Å².